The van der Waals surface area contributed by atoms with E-state index in [0.29, 0.717) is 5.41 Å². The summed E-state index contributed by atoms with van der Waals surface area (Å²) in [5.41, 5.74) is 1.98. The lowest BCUT2D eigenvalue weighted by molar-refractivity contribution is 0.417. The summed E-state index contributed by atoms with van der Waals surface area (Å²) in [5, 5.41) is 3.47. The van der Waals surface area contributed by atoms with Gasteiger partial charge < -0.3 is 5.32 Å². The van der Waals surface area contributed by atoms with Gasteiger partial charge in [-0.2, -0.15) is 0 Å². The highest BCUT2D eigenvalue weighted by molar-refractivity contribution is 5.28. The van der Waals surface area contributed by atoms with Crippen molar-refractivity contribution in [3.05, 3.63) is 11.6 Å². The van der Waals surface area contributed by atoms with E-state index in [2.05, 4.69) is 32.2 Å². The number of hydrogen-bond acceptors (Lipinski definition) is 1. The Kier molecular flexibility index (Phi) is 1.06. The Labute approximate surface area is 62.5 Å². The van der Waals surface area contributed by atoms with Crippen LogP contribution in [0.25, 0.3) is 0 Å². The zero-order valence-electron chi connectivity index (χ0n) is 6.94. The summed E-state index contributed by atoms with van der Waals surface area (Å²) in [6, 6.07) is 1.55. The molecule has 1 aliphatic heterocycles. The fourth-order valence-corrected chi connectivity index (χ4v) is 2.13. The first-order valence-corrected chi connectivity index (χ1v) is 4.04. The van der Waals surface area contributed by atoms with E-state index < -0.39 is 0 Å². The molecule has 0 saturated carbocycles. The molecule has 0 bridgehead atoms. The second-order valence-corrected chi connectivity index (χ2v) is 4.33. The van der Waals surface area contributed by atoms with E-state index >= 15 is 0 Å². The van der Waals surface area contributed by atoms with Crippen molar-refractivity contribution in [2.75, 3.05) is 0 Å². The monoisotopic (exact) mass is 137 g/mol. The van der Waals surface area contributed by atoms with Crippen LogP contribution in [0.3, 0.4) is 0 Å². The van der Waals surface area contributed by atoms with Crippen molar-refractivity contribution in [1.82, 2.24) is 5.32 Å². The molecule has 0 aromatic rings. The molecule has 1 heterocycles. The van der Waals surface area contributed by atoms with Gasteiger partial charge in [0.1, 0.15) is 0 Å². The number of allylic oxidation sites excluding steroid dienone is 1. The van der Waals surface area contributed by atoms with Gasteiger partial charge >= 0.3 is 0 Å². The van der Waals surface area contributed by atoms with Gasteiger partial charge in [0, 0.05) is 12.1 Å². The first kappa shape index (κ1) is 6.41. The third-order valence-corrected chi connectivity index (χ3v) is 2.54. The zero-order valence-corrected chi connectivity index (χ0v) is 6.94. The smallest absolute Gasteiger partial charge is 0.0435 e. The molecule has 2 unspecified atom stereocenters. The highest BCUT2D eigenvalue weighted by Crippen LogP contribution is 2.39. The van der Waals surface area contributed by atoms with Crippen molar-refractivity contribution >= 4 is 0 Å². The minimum Gasteiger partial charge on any atom is -0.304 e. The molecular formula is C9H15N. The lowest BCUT2D eigenvalue weighted by atomic mass is 9.80. The van der Waals surface area contributed by atoms with Crippen molar-refractivity contribution in [3.8, 4) is 0 Å². The van der Waals surface area contributed by atoms with Gasteiger partial charge in [-0.05, 0) is 18.8 Å². The van der Waals surface area contributed by atoms with Crippen LogP contribution in [-0.4, -0.2) is 12.1 Å². The molecule has 0 amide bonds. The van der Waals surface area contributed by atoms with E-state index in [4.69, 9.17) is 0 Å². The van der Waals surface area contributed by atoms with Crippen molar-refractivity contribution in [2.45, 2.75) is 39.3 Å². The normalized spacial score (nSPS) is 42.1. The first-order valence-electron chi connectivity index (χ1n) is 4.04. The molecular weight excluding hydrogens is 122 g/mol. The van der Waals surface area contributed by atoms with Gasteiger partial charge in [0.25, 0.3) is 0 Å². The van der Waals surface area contributed by atoms with Crippen molar-refractivity contribution in [3.63, 3.8) is 0 Å². The highest BCUT2D eigenvalue weighted by atomic mass is 15.2. The standard InChI is InChI=1S/C9H15N/c1-6-4-9(2,3)5-7-8(6)10-7/h4,7-8,10H,5H2,1-3H3. The Morgan fingerprint density at radius 1 is 1.60 bits per heavy atom. The lowest BCUT2D eigenvalue weighted by Gasteiger charge is -2.24. The minimum absolute atomic E-state index is 0.439. The summed E-state index contributed by atoms with van der Waals surface area (Å²) in [4.78, 5) is 0. The second kappa shape index (κ2) is 1.65. The Hall–Kier alpha value is -0.300. The maximum absolute atomic E-state index is 3.47. The van der Waals surface area contributed by atoms with Crippen molar-refractivity contribution in [1.29, 1.82) is 0 Å². The molecule has 56 valence electrons. The molecule has 10 heavy (non-hydrogen) atoms. The maximum Gasteiger partial charge on any atom is 0.0435 e. The van der Waals surface area contributed by atoms with Gasteiger partial charge in [0.05, 0.1) is 0 Å². The Balaban J connectivity index is 2.25. The molecule has 0 aromatic heterocycles. The molecule has 1 fully saturated rings. The van der Waals surface area contributed by atoms with E-state index in [-0.39, 0.29) is 0 Å². The molecule has 0 aromatic carbocycles. The van der Waals surface area contributed by atoms with E-state index in [1.807, 2.05) is 0 Å². The lowest BCUT2D eigenvalue weighted by Crippen LogP contribution is -2.18. The number of nitrogens with one attached hydrogen (secondary N) is 1. The molecule has 1 N–H and O–H groups in total. The van der Waals surface area contributed by atoms with Crippen LogP contribution >= 0.6 is 0 Å². The Bertz CT molecular complexity index is 191. The van der Waals surface area contributed by atoms with Crippen LogP contribution in [0, 0.1) is 5.41 Å². The average Bonchev–Trinajstić information content (AvgIpc) is 2.40. The van der Waals surface area contributed by atoms with Gasteiger partial charge in [0.15, 0.2) is 0 Å². The van der Waals surface area contributed by atoms with Crippen molar-refractivity contribution < 1.29 is 0 Å². The van der Waals surface area contributed by atoms with Gasteiger partial charge in [-0.15, -0.1) is 0 Å². The van der Waals surface area contributed by atoms with E-state index in [9.17, 15) is 0 Å². The summed E-state index contributed by atoms with van der Waals surface area (Å²) in [6.45, 7) is 6.86. The third-order valence-electron chi connectivity index (χ3n) is 2.54. The number of rotatable bonds is 0. The van der Waals surface area contributed by atoms with Crippen LogP contribution in [0.4, 0.5) is 0 Å². The SMILES string of the molecule is CC1=CC(C)(C)CC2NC12. The van der Waals surface area contributed by atoms with Crippen LogP contribution in [0.15, 0.2) is 11.6 Å². The molecule has 2 aliphatic rings. The van der Waals surface area contributed by atoms with E-state index in [1.54, 1.807) is 5.57 Å². The van der Waals surface area contributed by atoms with E-state index in [1.165, 1.54) is 6.42 Å². The number of hydrogen-bond donors (Lipinski definition) is 1. The molecule has 2 atom stereocenters. The number of fused-ring (bicyclic) bond motifs is 1. The summed E-state index contributed by atoms with van der Waals surface area (Å²) in [5.74, 6) is 0. The van der Waals surface area contributed by atoms with Crippen LogP contribution in [0.2, 0.25) is 0 Å². The maximum atomic E-state index is 3.47. The first-order chi connectivity index (χ1) is 4.58. The summed E-state index contributed by atoms with van der Waals surface area (Å²) >= 11 is 0. The van der Waals surface area contributed by atoms with Gasteiger partial charge in [-0.3, -0.25) is 0 Å². The van der Waals surface area contributed by atoms with Crippen LogP contribution < -0.4 is 5.32 Å². The highest BCUT2D eigenvalue weighted by Gasteiger charge is 2.44. The van der Waals surface area contributed by atoms with Crippen LogP contribution in [0.5, 0.6) is 0 Å². The minimum atomic E-state index is 0.439. The molecule has 1 aliphatic carbocycles. The van der Waals surface area contributed by atoms with Gasteiger partial charge in [-0.1, -0.05) is 25.5 Å². The molecule has 1 nitrogen and oxygen atoms in total. The predicted molar refractivity (Wildman–Crippen MR) is 42.9 cm³/mol. The summed E-state index contributed by atoms with van der Waals surface area (Å²) in [7, 11) is 0. The fraction of sp³-hybridized carbons (Fsp3) is 0.778. The summed E-state index contributed by atoms with van der Waals surface area (Å²) in [6.07, 6.45) is 3.73. The largest absolute Gasteiger partial charge is 0.304 e. The van der Waals surface area contributed by atoms with E-state index in [0.717, 1.165) is 12.1 Å². The second-order valence-electron chi connectivity index (χ2n) is 4.33. The van der Waals surface area contributed by atoms with Gasteiger partial charge in [-0.25, -0.2) is 0 Å². The predicted octanol–water partition coefficient (Wildman–Crippen LogP) is 1.70. The van der Waals surface area contributed by atoms with Crippen molar-refractivity contribution in [2.24, 2.45) is 5.41 Å². The van der Waals surface area contributed by atoms with Crippen LogP contribution in [0.1, 0.15) is 27.2 Å². The molecule has 1 heteroatoms. The molecule has 0 radical (unpaired) electrons. The molecule has 0 spiro atoms. The molecule has 1 saturated heterocycles. The molecule has 2 rings (SSSR count). The zero-order chi connectivity index (χ0) is 7.35. The van der Waals surface area contributed by atoms with Crippen LogP contribution in [-0.2, 0) is 0 Å². The van der Waals surface area contributed by atoms with Gasteiger partial charge in [0.2, 0.25) is 0 Å². The Morgan fingerprint density at radius 3 is 2.90 bits per heavy atom. The third kappa shape index (κ3) is 0.891. The topological polar surface area (TPSA) is 21.9 Å². The summed E-state index contributed by atoms with van der Waals surface area (Å²) < 4.78 is 0. The fourth-order valence-electron chi connectivity index (χ4n) is 2.13. The Morgan fingerprint density at radius 2 is 2.30 bits per heavy atom. The quantitative estimate of drug-likeness (QED) is 0.398. The average molecular weight is 137 g/mol.